The van der Waals surface area contributed by atoms with Crippen molar-refractivity contribution < 1.29 is 9.47 Å². The van der Waals surface area contributed by atoms with Crippen molar-refractivity contribution in [1.82, 2.24) is 15.5 Å². The fraction of sp³-hybridized carbons (Fsp3) is 0.682. The molecular weight excluding hydrogens is 479 g/mol. The van der Waals surface area contributed by atoms with E-state index in [-0.39, 0.29) is 24.0 Å². The fourth-order valence-corrected chi connectivity index (χ4v) is 3.00. The number of halogens is 1. The highest BCUT2D eigenvalue weighted by Gasteiger charge is 2.09. The molecule has 0 bridgehead atoms. The molecular formula is C22H41IN4O2. The Balaban J connectivity index is 0.00000784. The van der Waals surface area contributed by atoms with Crippen molar-refractivity contribution in [3.8, 4) is 11.5 Å². The molecule has 0 spiro atoms. The van der Waals surface area contributed by atoms with Gasteiger partial charge >= 0.3 is 0 Å². The van der Waals surface area contributed by atoms with Gasteiger partial charge in [0.1, 0.15) is 0 Å². The molecule has 0 heterocycles. The van der Waals surface area contributed by atoms with E-state index in [0.29, 0.717) is 19.2 Å². The van der Waals surface area contributed by atoms with Crippen LogP contribution in [0.4, 0.5) is 0 Å². The molecule has 0 amide bonds. The van der Waals surface area contributed by atoms with Gasteiger partial charge in [-0.05, 0) is 63.5 Å². The van der Waals surface area contributed by atoms with Crippen molar-refractivity contribution in [3.63, 3.8) is 0 Å². The highest BCUT2D eigenvalue weighted by Crippen LogP contribution is 2.28. The first kappa shape index (κ1) is 27.8. The van der Waals surface area contributed by atoms with Crippen LogP contribution in [0.2, 0.25) is 0 Å². The lowest BCUT2D eigenvalue weighted by molar-refractivity contribution is 0.292. The molecule has 1 aromatic rings. The standard InChI is InChI=1S/C22H40N4O2.HI/c1-7-15-28-20-13-12-19(16-21(20)27-6)17-24-22(23-5)25-18(4)11-10-14-26(8-2)9-3;/h12-13,16,18H,7-11,14-15,17H2,1-6H3,(H2,23,24,25);1H. The summed E-state index contributed by atoms with van der Waals surface area (Å²) in [5, 5.41) is 6.86. The third-order valence-electron chi connectivity index (χ3n) is 4.76. The number of nitrogens with one attached hydrogen (secondary N) is 2. The van der Waals surface area contributed by atoms with Crippen molar-refractivity contribution in [2.24, 2.45) is 4.99 Å². The topological polar surface area (TPSA) is 58.1 Å². The monoisotopic (exact) mass is 520 g/mol. The number of guanidine groups is 1. The molecule has 0 fully saturated rings. The van der Waals surface area contributed by atoms with E-state index in [0.717, 1.165) is 55.5 Å². The van der Waals surface area contributed by atoms with Crippen molar-refractivity contribution in [2.45, 2.75) is 59.5 Å². The van der Waals surface area contributed by atoms with Gasteiger partial charge < -0.3 is 25.0 Å². The smallest absolute Gasteiger partial charge is 0.191 e. The van der Waals surface area contributed by atoms with Gasteiger partial charge in [-0.1, -0.05) is 26.8 Å². The number of nitrogens with zero attached hydrogens (tertiary/aromatic N) is 2. The Morgan fingerprint density at radius 2 is 1.90 bits per heavy atom. The molecule has 0 saturated heterocycles. The largest absolute Gasteiger partial charge is 0.493 e. The Hall–Kier alpha value is -1.22. The maximum Gasteiger partial charge on any atom is 0.191 e. The summed E-state index contributed by atoms with van der Waals surface area (Å²) in [6.07, 6.45) is 3.28. The summed E-state index contributed by atoms with van der Waals surface area (Å²) in [4.78, 5) is 6.81. The van der Waals surface area contributed by atoms with Gasteiger partial charge in [-0.3, -0.25) is 4.99 Å². The highest BCUT2D eigenvalue weighted by molar-refractivity contribution is 14.0. The second-order valence-electron chi connectivity index (χ2n) is 6.97. The fourth-order valence-electron chi connectivity index (χ4n) is 3.00. The average molecular weight is 521 g/mol. The predicted molar refractivity (Wildman–Crippen MR) is 134 cm³/mol. The lowest BCUT2D eigenvalue weighted by Gasteiger charge is -2.21. The van der Waals surface area contributed by atoms with Crippen LogP contribution >= 0.6 is 24.0 Å². The van der Waals surface area contributed by atoms with Crippen LogP contribution in [0.1, 0.15) is 52.5 Å². The Labute approximate surface area is 194 Å². The number of rotatable bonds is 13. The van der Waals surface area contributed by atoms with Crippen molar-refractivity contribution >= 4 is 29.9 Å². The second-order valence-corrected chi connectivity index (χ2v) is 6.97. The van der Waals surface area contributed by atoms with Gasteiger partial charge in [0.15, 0.2) is 17.5 Å². The number of ether oxygens (including phenoxy) is 2. The van der Waals surface area contributed by atoms with Gasteiger partial charge in [0, 0.05) is 19.6 Å². The van der Waals surface area contributed by atoms with E-state index in [2.05, 4.69) is 54.3 Å². The van der Waals surface area contributed by atoms with Crippen LogP contribution < -0.4 is 20.1 Å². The summed E-state index contributed by atoms with van der Waals surface area (Å²) >= 11 is 0. The summed E-state index contributed by atoms with van der Waals surface area (Å²) < 4.78 is 11.2. The summed E-state index contributed by atoms with van der Waals surface area (Å²) in [6, 6.07) is 6.42. The zero-order valence-corrected chi connectivity index (χ0v) is 21.4. The zero-order chi connectivity index (χ0) is 20.8. The molecule has 0 saturated carbocycles. The van der Waals surface area contributed by atoms with Crippen LogP contribution in [-0.4, -0.2) is 57.3 Å². The molecule has 1 unspecified atom stereocenters. The first-order chi connectivity index (χ1) is 13.6. The normalized spacial score (nSPS) is 12.3. The number of hydrogen-bond acceptors (Lipinski definition) is 4. The maximum atomic E-state index is 5.72. The molecule has 1 rings (SSSR count). The van der Waals surface area contributed by atoms with Gasteiger partial charge in [-0.2, -0.15) is 0 Å². The number of hydrogen-bond donors (Lipinski definition) is 2. The Morgan fingerprint density at radius 3 is 2.48 bits per heavy atom. The van der Waals surface area contributed by atoms with Gasteiger partial charge in [-0.25, -0.2) is 0 Å². The predicted octanol–water partition coefficient (Wildman–Crippen LogP) is 4.28. The minimum atomic E-state index is 0. The van der Waals surface area contributed by atoms with E-state index < -0.39 is 0 Å². The van der Waals surface area contributed by atoms with Crippen LogP contribution in [0.5, 0.6) is 11.5 Å². The summed E-state index contributed by atoms with van der Waals surface area (Å²) in [5.41, 5.74) is 1.12. The van der Waals surface area contributed by atoms with Gasteiger partial charge in [-0.15, -0.1) is 24.0 Å². The van der Waals surface area contributed by atoms with E-state index in [1.54, 1.807) is 14.2 Å². The zero-order valence-electron chi connectivity index (χ0n) is 19.1. The first-order valence-electron chi connectivity index (χ1n) is 10.6. The molecule has 1 aromatic carbocycles. The molecule has 6 nitrogen and oxygen atoms in total. The minimum absolute atomic E-state index is 0. The molecule has 168 valence electrons. The average Bonchev–Trinajstić information content (AvgIpc) is 2.72. The van der Waals surface area contributed by atoms with E-state index in [1.807, 2.05) is 12.1 Å². The molecule has 0 radical (unpaired) electrons. The summed E-state index contributed by atoms with van der Waals surface area (Å²) in [6.45, 7) is 13.5. The molecule has 0 aliphatic carbocycles. The van der Waals surface area contributed by atoms with Crippen molar-refractivity contribution in [3.05, 3.63) is 23.8 Å². The Kier molecular flexibility index (Phi) is 15.9. The minimum Gasteiger partial charge on any atom is -0.493 e. The molecule has 0 aromatic heterocycles. The molecule has 1 atom stereocenters. The maximum absolute atomic E-state index is 5.72. The van der Waals surface area contributed by atoms with E-state index in [9.17, 15) is 0 Å². The van der Waals surface area contributed by atoms with E-state index >= 15 is 0 Å². The highest BCUT2D eigenvalue weighted by atomic mass is 127. The first-order valence-corrected chi connectivity index (χ1v) is 10.6. The van der Waals surface area contributed by atoms with Gasteiger partial charge in [0.2, 0.25) is 0 Å². The SMILES string of the molecule is CCCOc1ccc(CNC(=NC)NC(C)CCCN(CC)CC)cc1OC.I. The molecule has 0 aliphatic rings. The van der Waals surface area contributed by atoms with Crippen molar-refractivity contribution in [2.75, 3.05) is 40.4 Å². The molecule has 29 heavy (non-hydrogen) atoms. The Bertz CT molecular complexity index is 580. The lowest BCUT2D eigenvalue weighted by atomic mass is 10.1. The third-order valence-corrected chi connectivity index (χ3v) is 4.76. The van der Waals surface area contributed by atoms with E-state index in [4.69, 9.17) is 9.47 Å². The number of aliphatic imine (C=N–C) groups is 1. The molecule has 7 heteroatoms. The van der Waals surface area contributed by atoms with E-state index in [1.165, 1.54) is 6.42 Å². The summed E-state index contributed by atoms with van der Waals surface area (Å²) in [7, 11) is 3.48. The van der Waals surface area contributed by atoms with Crippen LogP contribution in [0.25, 0.3) is 0 Å². The number of benzene rings is 1. The van der Waals surface area contributed by atoms with Crippen LogP contribution in [0.15, 0.2) is 23.2 Å². The molecule has 0 aliphatic heterocycles. The van der Waals surface area contributed by atoms with Crippen LogP contribution in [0, 0.1) is 0 Å². The second kappa shape index (κ2) is 16.6. The summed E-state index contributed by atoms with van der Waals surface area (Å²) in [5.74, 6) is 2.37. The van der Waals surface area contributed by atoms with Crippen LogP contribution in [-0.2, 0) is 6.54 Å². The van der Waals surface area contributed by atoms with Crippen LogP contribution in [0.3, 0.4) is 0 Å². The Morgan fingerprint density at radius 1 is 1.17 bits per heavy atom. The quantitative estimate of drug-likeness (QED) is 0.231. The van der Waals surface area contributed by atoms with Gasteiger partial charge in [0.05, 0.1) is 13.7 Å². The number of methoxy groups -OCH3 is 1. The lowest BCUT2D eigenvalue weighted by Crippen LogP contribution is -2.42. The van der Waals surface area contributed by atoms with Gasteiger partial charge in [0.25, 0.3) is 0 Å². The molecule has 2 N–H and O–H groups in total. The van der Waals surface area contributed by atoms with Crippen molar-refractivity contribution in [1.29, 1.82) is 0 Å². The third kappa shape index (κ3) is 10.9.